The van der Waals surface area contributed by atoms with Gasteiger partial charge in [0, 0.05) is 36.1 Å². The van der Waals surface area contributed by atoms with Crippen LogP contribution in [0, 0.1) is 12.3 Å². The Labute approximate surface area is 176 Å². The quantitative estimate of drug-likeness (QED) is 0.620. The molecule has 6 nitrogen and oxygen atoms in total. The van der Waals surface area contributed by atoms with Crippen LogP contribution >= 0.6 is 0 Å². The average molecular weight is 400 g/mol. The van der Waals surface area contributed by atoms with Crippen molar-refractivity contribution in [2.45, 2.75) is 25.4 Å². The van der Waals surface area contributed by atoms with Gasteiger partial charge in [0.05, 0.1) is 18.2 Å². The van der Waals surface area contributed by atoms with E-state index in [1.807, 2.05) is 42.5 Å². The van der Waals surface area contributed by atoms with Gasteiger partial charge in [-0.15, -0.1) is 6.42 Å². The number of aliphatic hydroxyl groups excluding tert-OH is 1. The number of aromatic nitrogens is 2. The number of piperidine rings is 1. The molecule has 1 aliphatic rings. The molecular weight excluding hydrogens is 376 g/mol. The van der Waals surface area contributed by atoms with E-state index >= 15 is 0 Å². The number of anilines is 2. The minimum atomic E-state index is -0.232. The molecule has 2 N–H and O–H groups in total. The number of terminal acetylenes is 1. The van der Waals surface area contributed by atoms with Crippen LogP contribution in [0.3, 0.4) is 0 Å². The Hall–Kier alpha value is -3.27. The van der Waals surface area contributed by atoms with Gasteiger partial charge in [-0.2, -0.15) is 0 Å². The summed E-state index contributed by atoms with van der Waals surface area (Å²) in [7, 11) is 0. The molecule has 1 aliphatic heterocycles. The average Bonchev–Trinajstić information content (AvgIpc) is 2.76. The minimum Gasteiger partial charge on any atom is -0.393 e. The summed E-state index contributed by atoms with van der Waals surface area (Å²) in [6, 6.07) is 13.4. The van der Waals surface area contributed by atoms with Crippen molar-refractivity contribution in [3.63, 3.8) is 0 Å². The highest BCUT2D eigenvalue weighted by Gasteiger charge is 2.19. The molecule has 0 radical (unpaired) electrons. The molecule has 3 aromatic rings. The van der Waals surface area contributed by atoms with E-state index in [9.17, 15) is 9.90 Å². The minimum absolute atomic E-state index is 0.166. The van der Waals surface area contributed by atoms with Gasteiger partial charge in [0.25, 0.3) is 0 Å². The van der Waals surface area contributed by atoms with Gasteiger partial charge in [0.1, 0.15) is 12.1 Å². The van der Waals surface area contributed by atoms with E-state index in [1.54, 1.807) is 0 Å². The first kappa shape index (κ1) is 20.0. The van der Waals surface area contributed by atoms with Gasteiger partial charge < -0.3 is 10.4 Å². The Morgan fingerprint density at radius 3 is 2.83 bits per heavy atom. The van der Waals surface area contributed by atoms with Crippen molar-refractivity contribution in [3.05, 3.63) is 59.9 Å². The zero-order valence-electron chi connectivity index (χ0n) is 16.7. The van der Waals surface area contributed by atoms with E-state index in [1.165, 1.54) is 6.33 Å². The normalized spacial score (nSPS) is 15.1. The van der Waals surface area contributed by atoms with Crippen LogP contribution in [0.1, 0.15) is 24.0 Å². The lowest BCUT2D eigenvalue weighted by atomic mass is 10.0. The number of hydrogen-bond donors (Lipinski definition) is 2. The van der Waals surface area contributed by atoms with Crippen molar-refractivity contribution < 1.29 is 9.90 Å². The van der Waals surface area contributed by atoms with Crippen LogP contribution < -0.4 is 5.32 Å². The zero-order chi connectivity index (χ0) is 20.9. The largest absolute Gasteiger partial charge is 0.393 e. The molecule has 2 heterocycles. The smallest absolute Gasteiger partial charge is 0.151 e. The molecule has 0 unspecified atom stereocenters. The van der Waals surface area contributed by atoms with Gasteiger partial charge in [-0.05, 0) is 48.7 Å². The number of rotatable bonds is 6. The number of fused-ring (bicyclic) bond motifs is 1. The van der Waals surface area contributed by atoms with E-state index in [-0.39, 0.29) is 11.9 Å². The molecule has 2 aromatic carbocycles. The fourth-order valence-corrected chi connectivity index (χ4v) is 3.75. The third-order valence-electron chi connectivity index (χ3n) is 5.35. The molecule has 1 aromatic heterocycles. The maximum atomic E-state index is 12.6. The number of nitrogens with one attached hydrogen (secondary N) is 1. The molecule has 1 fully saturated rings. The summed E-state index contributed by atoms with van der Waals surface area (Å²) in [4.78, 5) is 23.4. The number of hydrogen-bond acceptors (Lipinski definition) is 6. The number of likely N-dealkylation sites (tertiary alicyclic amines) is 1. The Morgan fingerprint density at radius 1 is 1.20 bits per heavy atom. The summed E-state index contributed by atoms with van der Waals surface area (Å²) < 4.78 is 0. The monoisotopic (exact) mass is 400 g/mol. The molecule has 0 spiro atoms. The first-order valence-corrected chi connectivity index (χ1v) is 10.1. The van der Waals surface area contributed by atoms with E-state index in [4.69, 9.17) is 6.42 Å². The number of nitrogens with zero attached hydrogens (tertiary/aromatic N) is 3. The summed E-state index contributed by atoms with van der Waals surface area (Å²) in [6.07, 6.45) is 8.60. The summed E-state index contributed by atoms with van der Waals surface area (Å²) >= 11 is 0. The van der Waals surface area contributed by atoms with E-state index in [2.05, 4.69) is 26.1 Å². The molecule has 30 heavy (non-hydrogen) atoms. The predicted molar refractivity (Wildman–Crippen MR) is 118 cm³/mol. The fraction of sp³-hybridized carbons (Fsp3) is 0.292. The number of ketones is 1. The Morgan fingerprint density at radius 2 is 2.03 bits per heavy atom. The number of carbonyl (C=O) groups is 1. The van der Waals surface area contributed by atoms with Crippen molar-refractivity contribution in [3.8, 4) is 12.3 Å². The highest BCUT2D eigenvalue weighted by atomic mass is 16.3. The molecule has 0 amide bonds. The molecule has 1 saturated heterocycles. The first-order chi connectivity index (χ1) is 14.6. The third kappa shape index (κ3) is 4.82. The fourth-order valence-electron chi connectivity index (χ4n) is 3.75. The molecule has 4 rings (SSSR count). The van der Waals surface area contributed by atoms with Crippen molar-refractivity contribution in [1.29, 1.82) is 0 Å². The highest BCUT2D eigenvalue weighted by Crippen LogP contribution is 2.25. The standard InChI is InChI=1S/C24H24N4O2/c1-2-17-4-3-5-19(12-17)27-24-22-14-18(6-7-23(22)25-16-26-24)13-21(30)15-28-10-8-20(29)9-11-28/h1,3-7,12,14,16,20,29H,8-11,13,15H2,(H,25,26,27). The van der Waals surface area contributed by atoms with Crippen molar-refractivity contribution in [1.82, 2.24) is 14.9 Å². The van der Waals surface area contributed by atoms with Crippen LogP contribution in [0.4, 0.5) is 11.5 Å². The summed E-state index contributed by atoms with van der Waals surface area (Å²) in [5.41, 5.74) is 3.37. The van der Waals surface area contributed by atoms with Crippen LogP contribution in [0.15, 0.2) is 48.8 Å². The van der Waals surface area contributed by atoms with E-state index in [0.29, 0.717) is 18.8 Å². The second-order valence-corrected chi connectivity index (χ2v) is 7.65. The molecule has 152 valence electrons. The van der Waals surface area contributed by atoms with Crippen LogP contribution in [0.5, 0.6) is 0 Å². The molecule has 6 heteroatoms. The van der Waals surface area contributed by atoms with Crippen molar-refractivity contribution in [2.75, 3.05) is 25.0 Å². The van der Waals surface area contributed by atoms with E-state index < -0.39 is 0 Å². The van der Waals surface area contributed by atoms with Gasteiger partial charge in [-0.1, -0.05) is 18.1 Å². The van der Waals surface area contributed by atoms with Crippen molar-refractivity contribution >= 4 is 28.2 Å². The second kappa shape index (κ2) is 9.04. The number of carbonyl (C=O) groups excluding carboxylic acids is 1. The number of aliphatic hydroxyl groups is 1. The molecule has 0 saturated carbocycles. The van der Waals surface area contributed by atoms with Gasteiger partial charge in [-0.3, -0.25) is 9.69 Å². The SMILES string of the molecule is C#Cc1cccc(Nc2ncnc3ccc(CC(=O)CN4CCC(O)CC4)cc23)c1. The lowest BCUT2D eigenvalue weighted by Gasteiger charge is -2.28. The number of Topliss-reactive ketones (excluding diaryl/α,β-unsaturated/α-hetero) is 1. The second-order valence-electron chi connectivity index (χ2n) is 7.65. The highest BCUT2D eigenvalue weighted by molar-refractivity contribution is 5.92. The van der Waals surface area contributed by atoms with Crippen LogP contribution in [-0.2, 0) is 11.2 Å². The number of benzene rings is 2. The molecule has 0 atom stereocenters. The van der Waals surface area contributed by atoms with Gasteiger partial charge in [-0.25, -0.2) is 9.97 Å². The first-order valence-electron chi connectivity index (χ1n) is 10.1. The summed E-state index contributed by atoms with van der Waals surface area (Å²) in [5, 5.41) is 13.8. The Kier molecular flexibility index (Phi) is 6.03. The zero-order valence-corrected chi connectivity index (χ0v) is 16.7. The topological polar surface area (TPSA) is 78.4 Å². The molecular formula is C24H24N4O2. The van der Waals surface area contributed by atoms with Gasteiger partial charge in [0.15, 0.2) is 5.78 Å². The summed E-state index contributed by atoms with van der Waals surface area (Å²) in [6.45, 7) is 1.95. The third-order valence-corrected chi connectivity index (χ3v) is 5.35. The predicted octanol–water partition coefficient (Wildman–Crippen LogP) is 2.92. The van der Waals surface area contributed by atoms with Crippen LogP contribution in [0.2, 0.25) is 0 Å². The maximum Gasteiger partial charge on any atom is 0.151 e. The lowest BCUT2D eigenvalue weighted by molar-refractivity contribution is -0.120. The molecule has 0 bridgehead atoms. The Balaban J connectivity index is 1.51. The lowest BCUT2D eigenvalue weighted by Crippen LogP contribution is -2.39. The van der Waals surface area contributed by atoms with Crippen molar-refractivity contribution in [2.24, 2.45) is 0 Å². The van der Waals surface area contributed by atoms with Crippen LogP contribution in [0.25, 0.3) is 10.9 Å². The maximum absolute atomic E-state index is 12.6. The van der Waals surface area contributed by atoms with Gasteiger partial charge in [0.2, 0.25) is 0 Å². The van der Waals surface area contributed by atoms with E-state index in [0.717, 1.165) is 53.6 Å². The van der Waals surface area contributed by atoms with Gasteiger partial charge >= 0.3 is 0 Å². The van der Waals surface area contributed by atoms with Crippen LogP contribution in [-0.4, -0.2) is 51.5 Å². The Bertz CT molecular complexity index is 1100. The summed E-state index contributed by atoms with van der Waals surface area (Å²) in [5.74, 6) is 3.47. The molecule has 0 aliphatic carbocycles.